The highest BCUT2D eigenvalue weighted by Crippen LogP contribution is 2.31. The third-order valence-corrected chi connectivity index (χ3v) is 6.55. The average molecular weight is 508 g/mol. The zero-order valence-corrected chi connectivity index (χ0v) is 20.7. The molecule has 1 aliphatic heterocycles. The maximum Gasteiger partial charge on any atom is 0.162 e. The van der Waals surface area contributed by atoms with Gasteiger partial charge in [-0.1, -0.05) is 30.3 Å². The van der Waals surface area contributed by atoms with Gasteiger partial charge in [0.2, 0.25) is 0 Å². The average Bonchev–Trinajstić information content (AvgIpc) is 3.23. The smallest absolute Gasteiger partial charge is 0.162 e. The predicted molar refractivity (Wildman–Crippen MR) is 139 cm³/mol. The van der Waals surface area contributed by atoms with Crippen LogP contribution < -0.4 is 0 Å². The van der Waals surface area contributed by atoms with Crippen molar-refractivity contribution in [3.05, 3.63) is 113 Å². The number of rotatable bonds is 8. The standard InChI is InChI=1S/C29H27F2N3O.ClH/c30-24-12-8-22(9-13-24)28(35)7-4-17-33-18-16-27-26(20-33)29(23-10-14-25(31)15-11-23)32-34(27)19-21-5-2-1-3-6-21;/h1-3,5-6,8-15H,4,7,16-20H2;1H. The molecule has 2 heterocycles. The van der Waals surface area contributed by atoms with E-state index in [-0.39, 0.29) is 29.8 Å². The first-order valence-corrected chi connectivity index (χ1v) is 12.0. The summed E-state index contributed by atoms with van der Waals surface area (Å²) in [6.07, 6.45) is 2.02. The van der Waals surface area contributed by atoms with Gasteiger partial charge >= 0.3 is 0 Å². The van der Waals surface area contributed by atoms with Crippen LogP contribution in [-0.2, 0) is 19.5 Å². The van der Waals surface area contributed by atoms with Crippen molar-refractivity contribution in [3.8, 4) is 11.3 Å². The summed E-state index contributed by atoms with van der Waals surface area (Å²) >= 11 is 0. The molecule has 7 heteroatoms. The molecule has 0 aliphatic carbocycles. The molecule has 0 unspecified atom stereocenters. The molecule has 0 saturated carbocycles. The number of halogens is 3. The van der Waals surface area contributed by atoms with E-state index in [0.29, 0.717) is 18.5 Å². The summed E-state index contributed by atoms with van der Waals surface area (Å²) < 4.78 is 28.8. The molecular formula is C29H28ClF2N3O. The number of Topliss-reactive ketones (excluding diaryl/α,β-unsaturated/α-hetero) is 1. The SMILES string of the molecule is Cl.O=C(CCCN1CCc2c(c(-c3ccc(F)cc3)nn2Cc2ccccc2)C1)c1ccc(F)cc1. The topological polar surface area (TPSA) is 38.1 Å². The number of hydrogen-bond acceptors (Lipinski definition) is 3. The monoisotopic (exact) mass is 507 g/mol. The Morgan fingerprint density at radius 1 is 0.889 bits per heavy atom. The second-order valence-corrected chi connectivity index (χ2v) is 8.98. The number of benzene rings is 3. The first-order chi connectivity index (χ1) is 17.1. The van der Waals surface area contributed by atoms with Crippen molar-refractivity contribution < 1.29 is 13.6 Å². The maximum absolute atomic E-state index is 13.6. The van der Waals surface area contributed by atoms with Gasteiger partial charge in [-0.3, -0.25) is 14.4 Å². The minimum atomic E-state index is -0.338. The van der Waals surface area contributed by atoms with E-state index in [0.717, 1.165) is 43.7 Å². The molecule has 0 atom stereocenters. The van der Waals surface area contributed by atoms with Crippen LogP contribution in [0, 0.1) is 11.6 Å². The Morgan fingerprint density at radius 3 is 2.25 bits per heavy atom. The van der Waals surface area contributed by atoms with E-state index in [1.807, 2.05) is 18.2 Å². The van der Waals surface area contributed by atoms with Gasteiger partial charge in [0.25, 0.3) is 0 Å². The van der Waals surface area contributed by atoms with Gasteiger partial charge in [-0.2, -0.15) is 5.10 Å². The molecule has 0 bridgehead atoms. The molecule has 36 heavy (non-hydrogen) atoms. The molecule has 5 rings (SSSR count). The van der Waals surface area contributed by atoms with Crippen molar-refractivity contribution >= 4 is 18.2 Å². The number of nitrogens with zero attached hydrogens (tertiary/aromatic N) is 3. The van der Waals surface area contributed by atoms with Crippen molar-refractivity contribution in [2.45, 2.75) is 32.4 Å². The molecule has 186 valence electrons. The fraction of sp³-hybridized carbons (Fsp3) is 0.241. The van der Waals surface area contributed by atoms with Crippen LogP contribution in [0.3, 0.4) is 0 Å². The van der Waals surface area contributed by atoms with E-state index in [1.165, 1.54) is 41.1 Å². The molecule has 0 saturated heterocycles. The number of aromatic nitrogens is 2. The molecule has 1 aromatic heterocycles. The fourth-order valence-corrected chi connectivity index (χ4v) is 4.71. The Kier molecular flexibility index (Phi) is 8.28. The van der Waals surface area contributed by atoms with E-state index >= 15 is 0 Å². The molecule has 0 radical (unpaired) electrons. The van der Waals surface area contributed by atoms with Gasteiger partial charge in [0.05, 0.1) is 12.2 Å². The van der Waals surface area contributed by atoms with Crippen LogP contribution in [0.5, 0.6) is 0 Å². The van der Waals surface area contributed by atoms with E-state index < -0.39 is 0 Å². The van der Waals surface area contributed by atoms with Gasteiger partial charge in [-0.15, -0.1) is 12.4 Å². The molecule has 1 aliphatic rings. The fourth-order valence-electron chi connectivity index (χ4n) is 4.71. The van der Waals surface area contributed by atoms with E-state index in [1.54, 1.807) is 24.3 Å². The summed E-state index contributed by atoms with van der Waals surface area (Å²) in [6, 6.07) is 22.5. The van der Waals surface area contributed by atoms with Gasteiger partial charge < -0.3 is 0 Å². The van der Waals surface area contributed by atoms with Crippen LogP contribution in [0.15, 0.2) is 78.9 Å². The van der Waals surface area contributed by atoms with Gasteiger partial charge in [0, 0.05) is 48.3 Å². The molecule has 0 fully saturated rings. The van der Waals surface area contributed by atoms with Crippen molar-refractivity contribution in [1.82, 2.24) is 14.7 Å². The van der Waals surface area contributed by atoms with Crippen LogP contribution in [0.25, 0.3) is 11.3 Å². The van der Waals surface area contributed by atoms with Crippen LogP contribution >= 0.6 is 12.4 Å². The third-order valence-electron chi connectivity index (χ3n) is 6.55. The lowest BCUT2D eigenvalue weighted by Gasteiger charge is -2.27. The number of ketones is 1. The number of fused-ring (bicyclic) bond motifs is 1. The Balaban J connectivity index is 0.00000304. The summed E-state index contributed by atoms with van der Waals surface area (Å²) in [5.74, 6) is -0.570. The number of hydrogen-bond donors (Lipinski definition) is 0. The second-order valence-electron chi connectivity index (χ2n) is 8.98. The normalized spacial score (nSPS) is 13.2. The largest absolute Gasteiger partial charge is 0.299 e. The lowest BCUT2D eigenvalue weighted by Crippen LogP contribution is -2.32. The molecular weight excluding hydrogens is 480 g/mol. The van der Waals surface area contributed by atoms with Crippen molar-refractivity contribution in [1.29, 1.82) is 0 Å². The van der Waals surface area contributed by atoms with Crippen LogP contribution in [0.2, 0.25) is 0 Å². The highest BCUT2D eigenvalue weighted by Gasteiger charge is 2.25. The van der Waals surface area contributed by atoms with E-state index in [2.05, 4.69) is 21.7 Å². The Hall–Kier alpha value is -3.35. The molecule has 3 aromatic carbocycles. The lowest BCUT2D eigenvalue weighted by atomic mass is 10.00. The Morgan fingerprint density at radius 2 is 1.56 bits per heavy atom. The van der Waals surface area contributed by atoms with E-state index in [4.69, 9.17) is 5.10 Å². The zero-order valence-electron chi connectivity index (χ0n) is 19.9. The van der Waals surface area contributed by atoms with Gasteiger partial charge in [-0.25, -0.2) is 8.78 Å². The van der Waals surface area contributed by atoms with Gasteiger partial charge in [0.15, 0.2) is 5.78 Å². The van der Waals surface area contributed by atoms with Gasteiger partial charge in [-0.05, 0) is 67.1 Å². The minimum Gasteiger partial charge on any atom is -0.299 e. The van der Waals surface area contributed by atoms with Crippen molar-refractivity contribution in [2.24, 2.45) is 0 Å². The Bertz CT molecular complexity index is 1310. The summed E-state index contributed by atoms with van der Waals surface area (Å²) in [5, 5.41) is 4.96. The summed E-state index contributed by atoms with van der Waals surface area (Å²) in [6.45, 7) is 3.11. The highest BCUT2D eigenvalue weighted by molar-refractivity contribution is 5.95. The van der Waals surface area contributed by atoms with Crippen LogP contribution in [0.4, 0.5) is 8.78 Å². The first-order valence-electron chi connectivity index (χ1n) is 12.0. The third kappa shape index (κ3) is 5.89. The number of carbonyl (C=O) groups is 1. The zero-order chi connectivity index (χ0) is 24.2. The maximum atomic E-state index is 13.6. The molecule has 4 aromatic rings. The van der Waals surface area contributed by atoms with Gasteiger partial charge in [0.1, 0.15) is 11.6 Å². The summed E-state index contributed by atoms with van der Waals surface area (Å²) in [5.41, 5.74) is 5.92. The second kappa shape index (κ2) is 11.6. The summed E-state index contributed by atoms with van der Waals surface area (Å²) in [4.78, 5) is 14.8. The summed E-state index contributed by atoms with van der Waals surface area (Å²) in [7, 11) is 0. The quantitative estimate of drug-likeness (QED) is 0.262. The predicted octanol–water partition coefficient (Wildman–Crippen LogP) is 6.32. The molecule has 4 nitrogen and oxygen atoms in total. The minimum absolute atomic E-state index is 0. The van der Waals surface area contributed by atoms with Crippen LogP contribution in [0.1, 0.15) is 40.0 Å². The first kappa shape index (κ1) is 25.7. The Labute approximate surface area is 216 Å². The molecule has 0 amide bonds. The van der Waals surface area contributed by atoms with E-state index in [9.17, 15) is 13.6 Å². The van der Waals surface area contributed by atoms with Crippen LogP contribution in [-0.4, -0.2) is 33.6 Å². The molecule has 0 N–H and O–H groups in total. The number of carbonyl (C=O) groups excluding carboxylic acids is 1. The lowest BCUT2D eigenvalue weighted by molar-refractivity contribution is 0.0973. The van der Waals surface area contributed by atoms with Crippen molar-refractivity contribution in [3.63, 3.8) is 0 Å². The highest BCUT2D eigenvalue weighted by atomic mass is 35.5. The molecule has 0 spiro atoms. The van der Waals surface area contributed by atoms with Crippen molar-refractivity contribution in [2.75, 3.05) is 13.1 Å².